The van der Waals surface area contributed by atoms with Gasteiger partial charge in [0.15, 0.2) is 0 Å². The minimum Gasteiger partial charge on any atom is -0.465 e. The number of nitrogens with zero attached hydrogens (tertiary/aromatic N) is 4. The van der Waals surface area contributed by atoms with E-state index in [9.17, 15) is 68.1 Å². The SMILES string of the molecule is [C-]#[N+]/C(C#N)=C1\Sc2c(OC(=O)C3CCC(C4CCC(C(=O)OCCCCOC(=O)C=C)CC4)CC3)cc(C)c(OC(=O)C3CCC(C4CCC(C(=O)OCCCCOC(=O)C=C)CC4)CC3)c2S1.[C-]#[N+]C(C#N)=C1Sc2c(OC(=O)C3CCC(C4CCC(C(=O)OCCCCOC(=O)C=C)CC4)CC3)ccc(OC(=O)C3CCC(C4CCC(C(=O)OCCCCOC(=O)C=C)CC4)CC3)c2S1. The van der Waals surface area contributed by atoms with Gasteiger partial charge in [-0.25, -0.2) is 39.4 Å². The van der Waals surface area contributed by atoms with Gasteiger partial charge in [-0.2, -0.15) is 0 Å². The van der Waals surface area contributed by atoms with Crippen LogP contribution in [0.4, 0.5) is 0 Å². The molecule has 738 valence electrons. The van der Waals surface area contributed by atoms with Crippen LogP contribution in [0.2, 0.25) is 0 Å². The van der Waals surface area contributed by atoms with E-state index in [4.69, 9.17) is 70.0 Å². The van der Waals surface area contributed by atoms with Crippen LogP contribution >= 0.6 is 47.0 Å². The van der Waals surface area contributed by atoms with E-state index in [1.165, 1.54) is 47.0 Å². The summed E-state index contributed by atoms with van der Waals surface area (Å²) in [5.41, 5.74) is 0.456. The number of aryl methyl sites for hydroxylation is 1. The Labute approximate surface area is 821 Å². The molecule has 8 saturated carbocycles. The number of hydrogen-bond acceptors (Lipinski definition) is 30. The third kappa shape index (κ3) is 31.7. The topological polar surface area (TPSA) is 372 Å². The van der Waals surface area contributed by atoms with Gasteiger partial charge < -0.3 is 56.8 Å². The summed E-state index contributed by atoms with van der Waals surface area (Å²) in [5, 5.41) is 19.5. The summed E-state index contributed by atoms with van der Waals surface area (Å²) >= 11 is 4.75. The number of carbonyl (C=O) groups is 12. The number of thioether (sulfide) groups is 4. The number of carbonyl (C=O) groups excluding carboxylic acids is 12. The number of hydrogen-bond donors (Lipinski definition) is 0. The molecular weight excluding hydrogens is 1830 g/mol. The molecule has 0 saturated heterocycles. The van der Waals surface area contributed by atoms with Gasteiger partial charge in [0.2, 0.25) is 0 Å². The highest BCUT2D eigenvalue weighted by Gasteiger charge is 2.44. The van der Waals surface area contributed by atoms with Crippen molar-refractivity contribution in [1.82, 2.24) is 0 Å². The summed E-state index contributed by atoms with van der Waals surface area (Å²) < 4.78 is 67.3. The van der Waals surface area contributed by atoms with Crippen LogP contribution in [-0.2, 0) is 95.4 Å². The Bertz CT molecular complexity index is 4710. The largest absolute Gasteiger partial charge is 0.465 e. The van der Waals surface area contributed by atoms with Crippen molar-refractivity contribution in [2.24, 2.45) is 94.7 Å². The number of ether oxygens (including phenoxy) is 12. The number of esters is 12. The Hall–Kier alpha value is -10.1. The second kappa shape index (κ2) is 55.6. The molecule has 0 aromatic heterocycles. The third-order valence-electron chi connectivity index (χ3n) is 29.1. The molecular formula is C105H130N4O24S4. The maximum atomic E-state index is 13.8. The van der Waals surface area contributed by atoms with Gasteiger partial charge in [0.25, 0.3) is 11.4 Å². The standard InChI is InChI=1S/C53H66N2O12S2.C52H64N2O12S2/c1-5-44(56)62-27-7-9-29-64-49(58)38-19-11-34(12-20-38)36-15-23-40(24-16-36)51(60)66-43-31-33(3)46(48-47(43)68-53(69-48)42(32-54)55-4)67-52(61)41-25-17-37(18-26-41)35-13-21-39(22-14-35)50(59)65-30-10-8-28-63-45(57)6-2;1-4-44(55)61-28-6-8-30-63-48(57)37-18-10-33(11-19-37)35-14-22-39(23-15-35)50(59)65-42-26-27-43(47-46(42)67-52(68-47)41(32-53)54-3)66-51(60)40-24-16-36(17-25-40)34-12-20-38(21-13-34)49(58)64-31-9-7-29-62-45(56)5-2/h5-6,31,34-41H,1-2,7-30H2,3H3;4-5,26-27,33-40H,1-2,6-25,28-31H2/b53-42+;. The van der Waals surface area contributed by atoms with Gasteiger partial charge in [-0.3, -0.25) is 38.4 Å². The molecule has 2 heterocycles. The number of nitriles is 2. The highest BCUT2D eigenvalue weighted by molar-refractivity contribution is 8.25. The molecule has 137 heavy (non-hydrogen) atoms. The number of fused-ring (bicyclic) bond motifs is 2. The van der Waals surface area contributed by atoms with Crippen LogP contribution in [0.1, 0.15) is 262 Å². The highest BCUT2D eigenvalue weighted by Crippen LogP contribution is 2.62. The molecule has 8 fully saturated rings. The molecule has 2 aromatic rings. The van der Waals surface area contributed by atoms with Crippen molar-refractivity contribution in [2.75, 3.05) is 52.9 Å². The van der Waals surface area contributed by atoms with Crippen molar-refractivity contribution < 1.29 is 114 Å². The van der Waals surface area contributed by atoms with Crippen LogP contribution in [-0.4, -0.2) is 124 Å². The van der Waals surface area contributed by atoms with Crippen LogP contribution in [0.3, 0.4) is 0 Å². The average Bonchev–Trinajstić information content (AvgIpc) is 1.62. The summed E-state index contributed by atoms with van der Waals surface area (Å²) in [4.78, 5) is 160. The quantitative estimate of drug-likeness (QED) is 0.0114. The van der Waals surface area contributed by atoms with Gasteiger partial charge >= 0.3 is 71.6 Å². The molecule has 0 amide bonds. The molecule has 0 radical (unpaired) electrons. The molecule has 8 aliphatic carbocycles. The van der Waals surface area contributed by atoms with Crippen molar-refractivity contribution in [3.8, 4) is 35.1 Å². The fourth-order valence-corrected chi connectivity index (χ4v) is 26.1. The van der Waals surface area contributed by atoms with E-state index in [1.807, 2.05) is 19.1 Å². The number of allylic oxidation sites excluding steroid dienone is 2. The highest BCUT2D eigenvalue weighted by atomic mass is 32.2. The van der Waals surface area contributed by atoms with Crippen LogP contribution < -0.4 is 18.9 Å². The lowest BCUT2D eigenvalue weighted by Gasteiger charge is -2.37. The Kier molecular flexibility index (Phi) is 43.6. The van der Waals surface area contributed by atoms with Gasteiger partial charge in [-0.15, -0.1) is 0 Å². The van der Waals surface area contributed by atoms with E-state index in [0.717, 1.165) is 178 Å². The molecule has 0 spiro atoms. The maximum Gasteiger partial charge on any atom is 0.330 e. The van der Waals surface area contributed by atoms with Gasteiger partial charge in [0.1, 0.15) is 23.0 Å². The molecule has 10 aliphatic rings. The lowest BCUT2D eigenvalue weighted by molar-refractivity contribution is -0.151. The first kappa shape index (κ1) is 107. The Balaban J connectivity index is 0.000000263. The molecule has 28 nitrogen and oxygen atoms in total. The van der Waals surface area contributed by atoms with Crippen molar-refractivity contribution in [3.05, 3.63) is 117 Å². The van der Waals surface area contributed by atoms with Crippen molar-refractivity contribution >= 4 is 119 Å². The maximum absolute atomic E-state index is 13.8. The minimum absolute atomic E-state index is 0.0803. The van der Waals surface area contributed by atoms with Gasteiger partial charge in [0.05, 0.1) is 154 Å². The van der Waals surface area contributed by atoms with Crippen LogP contribution in [0, 0.1) is 137 Å². The summed E-state index contributed by atoms with van der Waals surface area (Å²) in [6.07, 6.45) is 36.2. The summed E-state index contributed by atoms with van der Waals surface area (Å²) in [5.74, 6) is -0.0546. The Morgan fingerprint density at radius 1 is 0.307 bits per heavy atom. The minimum atomic E-state index is -0.461. The second-order valence-electron chi connectivity index (χ2n) is 37.6. The Morgan fingerprint density at radius 2 is 0.504 bits per heavy atom. The number of unbranched alkanes of at least 4 members (excludes halogenated alkanes) is 4. The molecule has 2 aliphatic heterocycles. The summed E-state index contributed by atoms with van der Waals surface area (Å²) in [6, 6.07) is 8.94. The average molecular weight is 1960 g/mol. The predicted molar refractivity (Wildman–Crippen MR) is 511 cm³/mol. The third-order valence-corrected chi connectivity index (χ3v) is 34.3. The van der Waals surface area contributed by atoms with E-state index < -0.39 is 23.9 Å². The van der Waals surface area contributed by atoms with E-state index in [2.05, 4.69) is 36.0 Å². The first-order valence-corrected chi connectivity index (χ1v) is 52.5. The predicted octanol–water partition coefficient (Wildman–Crippen LogP) is 21.6. The lowest BCUT2D eigenvalue weighted by Crippen LogP contribution is -2.32. The molecule has 0 bridgehead atoms. The lowest BCUT2D eigenvalue weighted by atomic mass is 9.69. The van der Waals surface area contributed by atoms with Crippen molar-refractivity contribution in [2.45, 2.75) is 283 Å². The number of rotatable bonds is 40. The zero-order chi connectivity index (χ0) is 97.7. The normalized spacial score (nSPS) is 25.8. The number of benzene rings is 2. The van der Waals surface area contributed by atoms with Gasteiger partial charge in [0, 0.05) is 24.3 Å². The van der Waals surface area contributed by atoms with Crippen LogP contribution in [0.15, 0.2) is 108 Å². The van der Waals surface area contributed by atoms with E-state index >= 15 is 0 Å². The van der Waals surface area contributed by atoms with Gasteiger partial charge in [-0.05, 0) is 335 Å². The first-order valence-electron chi connectivity index (χ1n) is 49.2. The monoisotopic (exact) mass is 1960 g/mol. The van der Waals surface area contributed by atoms with Crippen LogP contribution in [0.5, 0.6) is 23.0 Å². The summed E-state index contributed by atoms with van der Waals surface area (Å²) in [7, 11) is 0. The first-order chi connectivity index (χ1) is 66.4. The Morgan fingerprint density at radius 3 is 0.723 bits per heavy atom. The van der Waals surface area contributed by atoms with E-state index in [1.54, 1.807) is 18.2 Å². The molecule has 0 N–H and O–H groups in total. The fraction of sp³-hybridized carbons (Fsp3) is 0.619. The van der Waals surface area contributed by atoms with Crippen LogP contribution in [0.25, 0.3) is 9.69 Å². The zero-order valence-electron chi connectivity index (χ0n) is 78.8. The second-order valence-corrected chi connectivity index (χ2v) is 42.2. The van der Waals surface area contributed by atoms with Gasteiger partial charge in [-0.1, -0.05) is 73.4 Å². The van der Waals surface area contributed by atoms with E-state index in [-0.39, 0.29) is 133 Å². The summed E-state index contributed by atoms with van der Waals surface area (Å²) in [6.45, 7) is 32.8. The smallest absolute Gasteiger partial charge is 0.330 e. The molecule has 32 heteroatoms. The molecule has 2 aromatic carbocycles. The molecule has 0 unspecified atom stereocenters. The fourth-order valence-electron chi connectivity index (χ4n) is 21.1. The molecule has 12 rings (SSSR count). The van der Waals surface area contributed by atoms with Crippen molar-refractivity contribution in [1.29, 1.82) is 10.5 Å². The zero-order valence-corrected chi connectivity index (χ0v) is 82.0. The van der Waals surface area contributed by atoms with E-state index in [0.29, 0.717) is 233 Å². The van der Waals surface area contributed by atoms with Crippen molar-refractivity contribution in [3.63, 3.8) is 0 Å². The molecule has 0 atom stereocenters.